The Hall–Kier alpha value is -2.24. The molecule has 0 saturated heterocycles. The quantitative estimate of drug-likeness (QED) is 0.910. The summed E-state index contributed by atoms with van der Waals surface area (Å²) in [6.45, 7) is 2.55. The third-order valence-corrected chi connectivity index (χ3v) is 2.40. The van der Waals surface area contributed by atoms with Crippen LogP contribution in [0.15, 0.2) is 30.5 Å². The molecule has 1 amide bonds. The summed E-state index contributed by atoms with van der Waals surface area (Å²) >= 11 is 0. The highest BCUT2D eigenvalue weighted by Gasteiger charge is 2.15. The van der Waals surface area contributed by atoms with Crippen molar-refractivity contribution in [3.05, 3.63) is 47.7 Å². The number of carbonyl (C=O) groups excluding carboxylic acids is 1. The van der Waals surface area contributed by atoms with Crippen molar-refractivity contribution in [3.63, 3.8) is 0 Å². The van der Waals surface area contributed by atoms with Gasteiger partial charge in [0.05, 0.1) is 5.56 Å². The molecule has 1 aromatic carbocycles. The van der Waals surface area contributed by atoms with Crippen molar-refractivity contribution in [2.45, 2.75) is 13.5 Å². The van der Waals surface area contributed by atoms with E-state index in [0.29, 0.717) is 12.4 Å². The summed E-state index contributed by atoms with van der Waals surface area (Å²) in [6.07, 6.45) is 1.68. The van der Waals surface area contributed by atoms with Gasteiger partial charge in [0.1, 0.15) is 0 Å². The summed E-state index contributed by atoms with van der Waals surface area (Å²) in [5, 5.41) is 6.42. The average molecular weight is 251 g/mol. The molecule has 0 aliphatic heterocycles. The molecule has 1 heterocycles. The fraction of sp³-hybridized carbons (Fsp3) is 0.167. The molecule has 18 heavy (non-hydrogen) atoms. The Morgan fingerprint density at radius 2 is 2.17 bits per heavy atom. The van der Waals surface area contributed by atoms with Crippen molar-refractivity contribution >= 4 is 11.7 Å². The first-order valence-corrected chi connectivity index (χ1v) is 5.40. The van der Waals surface area contributed by atoms with Crippen molar-refractivity contribution in [1.82, 2.24) is 9.78 Å². The second-order valence-electron chi connectivity index (χ2n) is 3.61. The van der Waals surface area contributed by atoms with Gasteiger partial charge < -0.3 is 5.32 Å². The summed E-state index contributed by atoms with van der Waals surface area (Å²) in [5.41, 5.74) is -0.346. The lowest BCUT2D eigenvalue weighted by Crippen LogP contribution is -2.15. The smallest absolute Gasteiger partial charge is 0.259 e. The maximum atomic E-state index is 13.4. The number of carbonyl (C=O) groups is 1. The van der Waals surface area contributed by atoms with Crippen molar-refractivity contribution in [3.8, 4) is 0 Å². The molecule has 1 aromatic heterocycles. The molecule has 6 heteroatoms. The van der Waals surface area contributed by atoms with Gasteiger partial charge in [-0.15, -0.1) is 0 Å². The fourth-order valence-corrected chi connectivity index (χ4v) is 1.47. The zero-order valence-corrected chi connectivity index (χ0v) is 9.65. The summed E-state index contributed by atoms with van der Waals surface area (Å²) in [4.78, 5) is 11.7. The van der Waals surface area contributed by atoms with Crippen LogP contribution in [0, 0.1) is 11.6 Å². The van der Waals surface area contributed by atoms with E-state index in [4.69, 9.17) is 0 Å². The first kappa shape index (κ1) is 12.2. The van der Waals surface area contributed by atoms with Gasteiger partial charge in [-0.3, -0.25) is 9.48 Å². The molecule has 0 saturated carbocycles. The molecular weight excluding hydrogens is 240 g/mol. The van der Waals surface area contributed by atoms with Crippen LogP contribution in [-0.4, -0.2) is 15.7 Å². The van der Waals surface area contributed by atoms with E-state index in [1.165, 1.54) is 12.1 Å². The Morgan fingerprint density at radius 1 is 1.39 bits per heavy atom. The van der Waals surface area contributed by atoms with E-state index in [-0.39, 0.29) is 5.56 Å². The SMILES string of the molecule is CCn1ccc(NC(=O)c2cccc(F)c2F)n1. The fourth-order valence-electron chi connectivity index (χ4n) is 1.47. The first-order chi connectivity index (χ1) is 8.61. The molecular formula is C12H11F2N3O. The minimum Gasteiger partial charge on any atom is -0.305 e. The zero-order valence-electron chi connectivity index (χ0n) is 9.65. The third-order valence-electron chi connectivity index (χ3n) is 2.40. The molecule has 94 valence electrons. The molecule has 2 rings (SSSR count). The predicted molar refractivity (Wildman–Crippen MR) is 62.2 cm³/mol. The normalized spacial score (nSPS) is 10.4. The van der Waals surface area contributed by atoms with Crippen LogP contribution in [-0.2, 0) is 6.54 Å². The molecule has 0 atom stereocenters. The number of rotatable bonds is 3. The van der Waals surface area contributed by atoms with Crippen molar-refractivity contribution in [2.75, 3.05) is 5.32 Å². The molecule has 0 spiro atoms. The zero-order chi connectivity index (χ0) is 13.1. The van der Waals surface area contributed by atoms with Crippen LogP contribution in [0.1, 0.15) is 17.3 Å². The van der Waals surface area contributed by atoms with Gasteiger partial charge >= 0.3 is 0 Å². The standard InChI is InChI=1S/C12H11F2N3O/c1-2-17-7-6-10(16-17)15-12(18)8-4-3-5-9(13)11(8)14/h3-7H,2H2,1H3,(H,15,16,18). The summed E-state index contributed by atoms with van der Waals surface area (Å²) in [7, 11) is 0. The van der Waals surface area contributed by atoms with E-state index < -0.39 is 17.5 Å². The molecule has 0 fully saturated rings. The van der Waals surface area contributed by atoms with Crippen molar-refractivity contribution in [2.24, 2.45) is 0 Å². The van der Waals surface area contributed by atoms with Gasteiger partial charge in [0.25, 0.3) is 5.91 Å². The lowest BCUT2D eigenvalue weighted by Gasteiger charge is -2.03. The molecule has 1 N–H and O–H groups in total. The molecule has 0 bridgehead atoms. The van der Waals surface area contributed by atoms with Crippen molar-refractivity contribution in [1.29, 1.82) is 0 Å². The van der Waals surface area contributed by atoms with E-state index in [2.05, 4.69) is 10.4 Å². The Morgan fingerprint density at radius 3 is 2.83 bits per heavy atom. The molecule has 0 aliphatic carbocycles. The van der Waals surface area contributed by atoms with Gasteiger partial charge in [-0.2, -0.15) is 5.10 Å². The number of hydrogen-bond acceptors (Lipinski definition) is 2. The largest absolute Gasteiger partial charge is 0.305 e. The van der Waals surface area contributed by atoms with Gasteiger partial charge in [0.15, 0.2) is 17.5 Å². The van der Waals surface area contributed by atoms with E-state index in [9.17, 15) is 13.6 Å². The van der Waals surface area contributed by atoms with Gasteiger partial charge in [0, 0.05) is 18.8 Å². The van der Waals surface area contributed by atoms with E-state index in [1.807, 2.05) is 6.92 Å². The van der Waals surface area contributed by atoms with Crippen LogP contribution in [0.2, 0.25) is 0 Å². The summed E-state index contributed by atoms with van der Waals surface area (Å²) < 4.78 is 27.9. The second-order valence-corrected chi connectivity index (χ2v) is 3.61. The Balaban J connectivity index is 2.19. The monoisotopic (exact) mass is 251 g/mol. The van der Waals surface area contributed by atoms with Crippen LogP contribution in [0.25, 0.3) is 0 Å². The van der Waals surface area contributed by atoms with E-state index in [0.717, 1.165) is 6.07 Å². The number of hydrogen-bond donors (Lipinski definition) is 1. The van der Waals surface area contributed by atoms with Gasteiger partial charge in [-0.05, 0) is 19.1 Å². The van der Waals surface area contributed by atoms with Gasteiger partial charge in [-0.1, -0.05) is 6.07 Å². The highest BCUT2D eigenvalue weighted by atomic mass is 19.2. The van der Waals surface area contributed by atoms with E-state index >= 15 is 0 Å². The summed E-state index contributed by atoms with van der Waals surface area (Å²) in [5.74, 6) is -2.65. The van der Waals surface area contributed by atoms with Crippen LogP contribution in [0.3, 0.4) is 0 Å². The Kier molecular flexibility index (Phi) is 3.36. The minimum absolute atomic E-state index is 0.297. The van der Waals surface area contributed by atoms with Crippen LogP contribution >= 0.6 is 0 Å². The number of halogens is 2. The highest BCUT2D eigenvalue weighted by Crippen LogP contribution is 2.13. The van der Waals surface area contributed by atoms with Crippen LogP contribution < -0.4 is 5.32 Å². The number of nitrogens with one attached hydrogen (secondary N) is 1. The van der Waals surface area contributed by atoms with Gasteiger partial charge in [0.2, 0.25) is 0 Å². The number of anilines is 1. The Labute approximate surface area is 102 Å². The van der Waals surface area contributed by atoms with E-state index in [1.54, 1.807) is 16.9 Å². The second kappa shape index (κ2) is 4.95. The lowest BCUT2D eigenvalue weighted by atomic mass is 10.2. The number of aryl methyl sites for hydroxylation is 1. The number of nitrogens with zero attached hydrogens (tertiary/aromatic N) is 2. The lowest BCUT2D eigenvalue weighted by molar-refractivity contribution is 0.102. The number of aromatic nitrogens is 2. The molecule has 0 radical (unpaired) electrons. The highest BCUT2D eigenvalue weighted by molar-refractivity contribution is 6.03. The topological polar surface area (TPSA) is 46.9 Å². The average Bonchev–Trinajstić information content (AvgIpc) is 2.80. The van der Waals surface area contributed by atoms with Crippen molar-refractivity contribution < 1.29 is 13.6 Å². The van der Waals surface area contributed by atoms with Crippen LogP contribution in [0.4, 0.5) is 14.6 Å². The summed E-state index contributed by atoms with van der Waals surface area (Å²) in [6, 6.07) is 5.03. The minimum atomic E-state index is -1.16. The number of benzene rings is 1. The first-order valence-electron chi connectivity index (χ1n) is 5.40. The number of amides is 1. The molecule has 2 aromatic rings. The van der Waals surface area contributed by atoms with Crippen LogP contribution in [0.5, 0.6) is 0 Å². The maximum Gasteiger partial charge on any atom is 0.259 e. The molecule has 4 nitrogen and oxygen atoms in total. The predicted octanol–water partition coefficient (Wildman–Crippen LogP) is 2.43. The maximum absolute atomic E-state index is 13.4. The third kappa shape index (κ3) is 2.37. The Bertz CT molecular complexity index is 580. The van der Waals surface area contributed by atoms with Gasteiger partial charge in [-0.25, -0.2) is 8.78 Å². The molecule has 0 unspecified atom stereocenters. The molecule has 0 aliphatic rings.